The standard InChI is InChI=1S/C5H13NO.2C5H12N.C3H8O.O.Ti/c6-4-2-1-3-5-7;2*1-2-3-4-5-6;1-3(2)4;;/h7H,1-6H2;2*1-6H2;3-4H,1-2H3;;/q;2*-1;;;+2. The Bertz CT molecular complexity index is 146. The Kier molecular flexibility index (Phi) is 72.0. The molecule has 0 fully saturated rings. The molecular formula is C18H45N3O3Ti. The van der Waals surface area contributed by atoms with Crippen LogP contribution in [0.2, 0.25) is 0 Å². The van der Waals surface area contributed by atoms with Crippen LogP contribution in [0.4, 0.5) is 0 Å². The zero-order valence-electron chi connectivity index (χ0n) is 16.7. The summed E-state index contributed by atoms with van der Waals surface area (Å²) in [4.78, 5) is 0. The second-order valence-corrected chi connectivity index (χ2v) is 5.37. The van der Waals surface area contributed by atoms with Crippen LogP contribution >= 0.6 is 0 Å². The van der Waals surface area contributed by atoms with E-state index >= 15 is 0 Å². The molecule has 0 aliphatic heterocycles. The number of hydrogen-bond donors (Lipinski definition) is 5. The van der Waals surface area contributed by atoms with E-state index in [4.69, 9.17) is 30.7 Å². The molecule has 0 unspecified atom stereocenters. The topological polar surface area (TPSA) is 136 Å². The fraction of sp³-hybridized carbons (Fsp3) is 0.889. The van der Waals surface area contributed by atoms with Crippen LogP contribution in [0.25, 0.3) is 0 Å². The first-order chi connectivity index (χ1) is 12.0. The van der Waals surface area contributed by atoms with Crippen molar-refractivity contribution in [1.29, 1.82) is 0 Å². The fourth-order valence-corrected chi connectivity index (χ4v) is 1.08. The van der Waals surface area contributed by atoms with Crippen LogP contribution in [0.15, 0.2) is 0 Å². The Balaban J connectivity index is -0.0000000697. The molecule has 25 heavy (non-hydrogen) atoms. The van der Waals surface area contributed by atoms with Crippen molar-refractivity contribution in [2.24, 2.45) is 17.2 Å². The van der Waals surface area contributed by atoms with E-state index < -0.39 is 0 Å². The molecule has 0 rings (SSSR count). The second-order valence-electron chi connectivity index (χ2n) is 5.37. The molecule has 154 valence electrons. The van der Waals surface area contributed by atoms with Gasteiger partial charge in [-0.25, -0.2) is 0 Å². The average molecular weight is 399 g/mol. The van der Waals surface area contributed by atoms with E-state index in [1.165, 1.54) is 12.8 Å². The molecule has 7 heteroatoms. The van der Waals surface area contributed by atoms with Crippen molar-refractivity contribution < 1.29 is 33.9 Å². The molecule has 6 nitrogen and oxygen atoms in total. The fourth-order valence-electron chi connectivity index (χ4n) is 1.08. The van der Waals surface area contributed by atoms with Gasteiger partial charge in [-0.2, -0.15) is 12.8 Å². The van der Waals surface area contributed by atoms with Gasteiger partial charge in [-0.15, -0.1) is 0 Å². The van der Waals surface area contributed by atoms with Crippen molar-refractivity contribution in [3.8, 4) is 0 Å². The van der Waals surface area contributed by atoms with Crippen molar-refractivity contribution in [2.75, 3.05) is 26.2 Å². The molecule has 0 bridgehead atoms. The Labute approximate surface area is 169 Å². The zero-order chi connectivity index (χ0) is 20.8. The van der Waals surface area contributed by atoms with Crippen molar-refractivity contribution in [3.63, 3.8) is 0 Å². The third-order valence-corrected chi connectivity index (χ3v) is 2.27. The number of aliphatic hydroxyl groups excluding tert-OH is 2. The quantitative estimate of drug-likeness (QED) is 0.217. The second kappa shape index (κ2) is 49.7. The first kappa shape index (κ1) is 36.3. The third-order valence-electron chi connectivity index (χ3n) is 2.27. The van der Waals surface area contributed by atoms with E-state index in [9.17, 15) is 0 Å². The molecule has 0 aromatic heterocycles. The number of rotatable bonds is 10. The summed E-state index contributed by atoms with van der Waals surface area (Å²) in [5.41, 5.74) is 15.6. The van der Waals surface area contributed by atoms with Gasteiger partial charge >= 0.3 is 23.7 Å². The molecule has 8 N–H and O–H groups in total. The summed E-state index contributed by atoms with van der Waals surface area (Å²) in [7, 11) is 0. The normalized spacial score (nSPS) is 8.64. The summed E-state index contributed by atoms with van der Waals surface area (Å²) in [6.45, 7) is 13.5. The van der Waals surface area contributed by atoms with E-state index in [-0.39, 0.29) is 6.10 Å². The molecular weight excluding hydrogens is 354 g/mol. The predicted molar refractivity (Wildman–Crippen MR) is 105 cm³/mol. The van der Waals surface area contributed by atoms with Crippen LogP contribution in [0, 0.1) is 13.8 Å². The molecule has 0 heterocycles. The van der Waals surface area contributed by atoms with Gasteiger partial charge in [0.25, 0.3) is 0 Å². The molecule has 0 aromatic carbocycles. The summed E-state index contributed by atoms with van der Waals surface area (Å²) in [5, 5.41) is 16.3. The van der Waals surface area contributed by atoms with E-state index in [1.54, 1.807) is 13.8 Å². The Morgan fingerprint density at radius 1 is 0.760 bits per heavy atom. The number of aliphatic hydroxyl groups is 2. The summed E-state index contributed by atoms with van der Waals surface area (Å²) in [5.74, 6) is 0. The molecule has 0 saturated carbocycles. The molecule has 0 aromatic rings. The minimum atomic E-state index is -0.167. The van der Waals surface area contributed by atoms with Crippen LogP contribution in [-0.4, -0.2) is 42.6 Å². The summed E-state index contributed by atoms with van der Waals surface area (Å²) in [6.07, 6.45) is 9.50. The summed E-state index contributed by atoms with van der Waals surface area (Å²) in [6, 6.07) is 0. The molecule has 0 saturated heterocycles. The summed E-state index contributed by atoms with van der Waals surface area (Å²) < 4.78 is 8.25. The number of hydrogen-bond acceptors (Lipinski definition) is 6. The van der Waals surface area contributed by atoms with Crippen molar-refractivity contribution >= 4 is 0 Å². The van der Waals surface area contributed by atoms with Gasteiger partial charge in [0.2, 0.25) is 0 Å². The van der Waals surface area contributed by atoms with E-state index in [0.29, 0.717) is 6.61 Å². The van der Waals surface area contributed by atoms with Gasteiger partial charge in [-0.3, -0.25) is 0 Å². The van der Waals surface area contributed by atoms with Gasteiger partial charge in [-0.05, 0) is 65.6 Å². The Morgan fingerprint density at radius 3 is 1.20 bits per heavy atom. The van der Waals surface area contributed by atoms with Gasteiger partial charge in [-0.1, -0.05) is 12.8 Å². The molecule has 0 atom stereocenters. The van der Waals surface area contributed by atoms with Gasteiger partial charge < -0.3 is 41.3 Å². The molecule has 0 aliphatic rings. The van der Waals surface area contributed by atoms with E-state index in [2.05, 4.69) is 13.8 Å². The Morgan fingerprint density at radius 2 is 1.04 bits per heavy atom. The monoisotopic (exact) mass is 399 g/mol. The zero-order valence-corrected chi connectivity index (χ0v) is 18.3. The minimum absolute atomic E-state index is 0.167. The number of unbranched alkanes of at least 4 members (excludes halogenated alkanes) is 6. The van der Waals surface area contributed by atoms with Gasteiger partial charge in [0, 0.05) is 12.7 Å². The first-order valence-electron chi connectivity index (χ1n) is 9.16. The number of nitrogens with two attached hydrogens (primary N) is 3. The van der Waals surface area contributed by atoms with Gasteiger partial charge in [0.15, 0.2) is 0 Å². The van der Waals surface area contributed by atoms with E-state index in [1.807, 2.05) is 0 Å². The van der Waals surface area contributed by atoms with Crippen LogP contribution in [0.1, 0.15) is 71.6 Å². The van der Waals surface area contributed by atoms with Crippen molar-refractivity contribution in [1.82, 2.24) is 0 Å². The van der Waals surface area contributed by atoms with Crippen LogP contribution in [0.3, 0.4) is 0 Å². The predicted octanol–water partition coefficient (Wildman–Crippen LogP) is 2.27. The van der Waals surface area contributed by atoms with Crippen LogP contribution in [-0.2, 0) is 23.7 Å². The van der Waals surface area contributed by atoms with Crippen LogP contribution in [0.5, 0.6) is 0 Å². The Hall–Kier alpha value is 0.314. The summed E-state index contributed by atoms with van der Waals surface area (Å²) >= 11 is 0.750. The SMILES string of the molecule is CC(C)O.NCCCCCO.[CH2-]CCCCN.[CH2-]CCCCN.[O]=[Ti+2]. The maximum absolute atomic E-state index is 8.25. The van der Waals surface area contributed by atoms with Crippen LogP contribution < -0.4 is 17.2 Å². The maximum atomic E-state index is 8.25. The molecule has 0 spiro atoms. The average Bonchev–Trinajstić information content (AvgIpc) is 2.61. The third kappa shape index (κ3) is 114. The van der Waals surface area contributed by atoms with Gasteiger partial charge in [0.1, 0.15) is 0 Å². The first-order valence-corrected chi connectivity index (χ1v) is 9.80. The molecule has 0 amide bonds. The van der Waals surface area contributed by atoms with Crippen molar-refractivity contribution in [3.05, 3.63) is 13.8 Å². The molecule has 0 radical (unpaired) electrons. The van der Waals surface area contributed by atoms with Gasteiger partial charge in [0.05, 0.1) is 0 Å². The van der Waals surface area contributed by atoms with E-state index in [0.717, 1.165) is 85.0 Å². The molecule has 0 aliphatic carbocycles. The van der Waals surface area contributed by atoms with Crippen molar-refractivity contribution in [2.45, 2.75) is 77.7 Å².